The van der Waals surface area contributed by atoms with E-state index in [1.165, 1.54) is 26.4 Å². The second kappa shape index (κ2) is 4.85. The third-order valence-corrected chi connectivity index (χ3v) is 4.47. The predicted octanol–water partition coefficient (Wildman–Crippen LogP) is 2.04. The van der Waals surface area contributed by atoms with Crippen LogP contribution in [-0.4, -0.2) is 30.6 Å². The number of esters is 1. The average Bonchev–Trinajstić information content (AvgIpc) is 3.00. The Morgan fingerprint density at radius 2 is 2.32 bits per heavy atom. The molecule has 1 aliphatic carbocycles. The Kier molecular flexibility index (Phi) is 3.19. The second-order valence-electron chi connectivity index (χ2n) is 5.64. The summed E-state index contributed by atoms with van der Waals surface area (Å²) < 4.78 is 4.85. The van der Waals surface area contributed by atoms with Gasteiger partial charge in [-0.3, -0.25) is 4.90 Å². The highest BCUT2D eigenvalue weighted by molar-refractivity contribution is 5.96. The lowest BCUT2D eigenvalue weighted by Crippen LogP contribution is -2.32. The number of fused-ring (bicyclic) bond motifs is 2. The average molecular weight is 260 g/mol. The van der Waals surface area contributed by atoms with Crippen LogP contribution in [0.25, 0.3) is 0 Å². The minimum absolute atomic E-state index is 0.336. The van der Waals surface area contributed by atoms with Gasteiger partial charge in [0.25, 0.3) is 0 Å². The number of carbonyl (C=O) groups is 1. The molecule has 2 N–H and O–H groups in total. The molecular formula is C15H20N2O2. The maximum Gasteiger partial charge on any atom is 0.340 e. The van der Waals surface area contributed by atoms with E-state index in [9.17, 15) is 4.79 Å². The Morgan fingerprint density at radius 1 is 1.47 bits per heavy atom. The van der Waals surface area contributed by atoms with E-state index in [-0.39, 0.29) is 5.97 Å². The first-order chi connectivity index (χ1) is 9.19. The summed E-state index contributed by atoms with van der Waals surface area (Å²) in [7, 11) is 1.40. The van der Waals surface area contributed by atoms with Gasteiger partial charge >= 0.3 is 5.97 Å². The van der Waals surface area contributed by atoms with Gasteiger partial charge in [-0.1, -0.05) is 12.1 Å². The van der Waals surface area contributed by atoms with Crippen LogP contribution in [-0.2, 0) is 11.3 Å². The van der Waals surface area contributed by atoms with Crippen LogP contribution in [0.1, 0.15) is 35.2 Å². The van der Waals surface area contributed by atoms with Crippen molar-refractivity contribution in [2.24, 2.45) is 5.92 Å². The standard InChI is InChI=1S/C15H20N2O2/c1-19-15(18)14-11(3-2-4-13(14)16)9-17-8-10-5-6-12(17)7-10/h2-4,10,12H,5-9,16H2,1H3. The number of methoxy groups -OCH3 is 1. The minimum atomic E-state index is -0.336. The summed E-state index contributed by atoms with van der Waals surface area (Å²) in [6, 6.07) is 6.34. The van der Waals surface area contributed by atoms with Crippen molar-refractivity contribution in [3.05, 3.63) is 29.3 Å². The van der Waals surface area contributed by atoms with Crippen LogP contribution < -0.4 is 5.73 Å². The van der Waals surface area contributed by atoms with Gasteiger partial charge in [0.2, 0.25) is 0 Å². The van der Waals surface area contributed by atoms with Crippen molar-refractivity contribution in [3.63, 3.8) is 0 Å². The fraction of sp³-hybridized carbons (Fsp3) is 0.533. The number of benzene rings is 1. The van der Waals surface area contributed by atoms with Gasteiger partial charge in [-0.2, -0.15) is 0 Å². The van der Waals surface area contributed by atoms with Crippen molar-refractivity contribution >= 4 is 11.7 Å². The summed E-state index contributed by atoms with van der Waals surface area (Å²) in [5.41, 5.74) is 7.96. The third-order valence-electron chi connectivity index (χ3n) is 4.47. The molecule has 3 rings (SSSR count). The van der Waals surface area contributed by atoms with Gasteiger partial charge in [0.05, 0.1) is 12.7 Å². The molecule has 0 aromatic heterocycles. The molecule has 0 radical (unpaired) electrons. The van der Waals surface area contributed by atoms with Crippen LogP contribution in [0.15, 0.2) is 18.2 Å². The Morgan fingerprint density at radius 3 is 2.95 bits per heavy atom. The van der Waals surface area contributed by atoms with Gasteiger partial charge in [-0.05, 0) is 36.8 Å². The molecule has 2 aliphatic rings. The van der Waals surface area contributed by atoms with Crippen molar-refractivity contribution < 1.29 is 9.53 Å². The van der Waals surface area contributed by atoms with E-state index in [1.54, 1.807) is 6.07 Å². The highest BCUT2D eigenvalue weighted by Crippen LogP contribution is 2.38. The fourth-order valence-corrected chi connectivity index (χ4v) is 3.54. The molecule has 1 heterocycles. The highest BCUT2D eigenvalue weighted by atomic mass is 16.5. The predicted molar refractivity (Wildman–Crippen MR) is 73.7 cm³/mol. The highest BCUT2D eigenvalue weighted by Gasteiger charge is 2.37. The van der Waals surface area contributed by atoms with E-state index < -0.39 is 0 Å². The fourth-order valence-electron chi connectivity index (χ4n) is 3.54. The molecule has 2 atom stereocenters. The van der Waals surface area contributed by atoms with Gasteiger partial charge in [-0.15, -0.1) is 0 Å². The topological polar surface area (TPSA) is 55.6 Å². The van der Waals surface area contributed by atoms with Gasteiger partial charge in [0.1, 0.15) is 0 Å². The number of nitrogens with two attached hydrogens (primary N) is 1. The quantitative estimate of drug-likeness (QED) is 0.667. The first kappa shape index (κ1) is 12.5. The molecule has 1 saturated carbocycles. The lowest BCUT2D eigenvalue weighted by molar-refractivity contribution is 0.0599. The van der Waals surface area contributed by atoms with Gasteiger partial charge in [0, 0.05) is 24.8 Å². The van der Waals surface area contributed by atoms with Crippen LogP contribution in [0.4, 0.5) is 5.69 Å². The van der Waals surface area contributed by atoms with Crippen molar-refractivity contribution in [1.82, 2.24) is 4.90 Å². The molecular weight excluding hydrogens is 240 g/mol. The molecule has 2 fully saturated rings. The van der Waals surface area contributed by atoms with E-state index in [2.05, 4.69) is 4.90 Å². The first-order valence-electron chi connectivity index (χ1n) is 6.88. The SMILES string of the molecule is COC(=O)c1c(N)cccc1CN1CC2CCC1C2. The van der Waals surface area contributed by atoms with Crippen LogP contribution in [0.3, 0.4) is 0 Å². The molecule has 0 amide bonds. The first-order valence-corrected chi connectivity index (χ1v) is 6.88. The third kappa shape index (κ3) is 2.21. The van der Waals surface area contributed by atoms with Gasteiger partial charge in [0.15, 0.2) is 0 Å². The number of piperidine rings is 1. The van der Waals surface area contributed by atoms with Gasteiger partial charge in [-0.25, -0.2) is 4.79 Å². The maximum atomic E-state index is 11.9. The molecule has 1 aromatic carbocycles. The van der Waals surface area contributed by atoms with Crippen LogP contribution >= 0.6 is 0 Å². The summed E-state index contributed by atoms with van der Waals surface area (Å²) in [4.78, 5) is 14.3. The maximum absolute atomic E-state index is 11.9. The summed E-state index contributed by atoms with van der Waals surface area (Å²) in [6.07, 6.45) is 3.97. The summed E-state index contributed by atoms with van der Waals surface area (Å²) in [5.74, 6) is 0.519. The molecule has 102 valence electrons. The Hall–Kier alpha value is -1.55. The molecule has 0 spiro atoms. The zero-order chi connectivity index (χ0) is 13.4. The molecule has 1 aromatic rings. The molecule has 4 nitrogen and oxygen atoms in total. The number of ether oxygens (including phenoxy) is 1. The minimum Gasteiger partial charge on any atom is -0.465 e. The number of likely N-dealkylation sites (tertiary alicyclic amines) is 1. The van der Waals surface area contributed by atoms with E-state index in [4.69, 9.17) is 10.5 Å². The Labute approximate surface area is 113 Å². The second-order valence-corrected chi connectivity index (χ2v) is 5.64. The zero-order valence-electron chi connectivity index (χ0n) is 11.3. The monoisotopic (exact) mass is 260 g/mol. The molecule has 4 heteroatoms. The Bertz CT molecular complexity index is 501. The lowest BCUT2D eigenvalue weighted by atomic mass is 10.0. The van der Waals surface area contributed by atoms with Crippen LogP contribution in [0.5, 0.6) is 0 Å². The number of rotatable bonds is 3. The smallest absolute Gasteiger partial charge is 0.340 e. The van der Waals surface area contributed by atoms with E-state index in [0.29, 0.717) is 17.3 Å². The molecule has 19 heavy (non-hydrogen) atoms. The van der Waals surface area contributed by atoms with E-state index in [0.717, 1.165) is 24.6 Å². The van der Waals surface area contributed by atoms with Gasteiger partial charge < -0.3 is 10.5 Å². The molecule has 1 saturated heterocycles. The lowest BCUT2D eigenvalue weighted by Gasteiger charge is -2.27. The number of nitrogens with zero attached hydrogens (tertiary/aromatic N) is 1. The molecule has 2 bridgehead atoms. The van der Waals surface area contributed by atoms with Crippen molar-refractivity contribution in [1.29, 1.82) is 0 Å². The Balaban J connectivity index is 1.84. The van der Waals surface area contributed by atoms with Crippen LogP contribution in [0, 0.1) is 5.92 Å². The van der Waals surface area contributed by atoms with Crippen molar-refractivity contribution in [2.75, 3.05) is 19.4 Å². The molecule has 2 unspecified atom stereocenters. The number of nitrogen functional groups attached to an aromatic ring is 1. The van der Waals surface area contributed by atoms with E-state index >= 15 is 0 Å². The number of anilines is 1. The largest absolute Gasteiger partial charge is 0.465 e. The summed E-state index contributed by atoms with van der Waals surface area (Å²) in [5, 5.41) is 0. The number of carbonyl (C=O) groups excluding carboxylic acids is 1. The summed E-state index contributed by atoms with van der Waals surface area (Å²) in [6.45, 7) is 1.96. The number of hydrogen-bond acceptors (Lipinski definition) is 4. The normalized spacial score (nSPS) is 25.7. The number of hydrogen-bond donors (Lipinski definition) is 1. The van der Waals surface area contributed by atoms with E-state index in [1.807, 2.05) is 12.1 Å². The molecule has 1 aliphatic heterocycles. The summed E-state index contributed by atoms with van der Waals surface area (Å²) >= 11 is 0. The van der Waals surface area contributed by atoms with Crippen LogP contribution in [0.2, 0.25) is 0 Å². The zero-order valence-corrected chi connectivity index (χ0v) is 11.3. The van der Waals surface area contributed by atoms with Crippen molar-refractivity contribution in [2.45, 2.75) is 31.8 Å². The van der Waals surface area contributed by atoms with Crippen molar-refractivity contribution in [3.8, 4) is 0 Å².